The minimum absolute atomic E-state index is 0.156. The first-order valence-electron chi connectivity index (χ1n) is 12.4. The topological polar surface area (TPSA) is 88.7 Å². The highest BCUT2D eigenvalue weighted by Crippen LogP contribution is 2.27. The summed E-state index contributed by atoms with van der Waals surface area (Å²) < 4.78 is 27.2. The quantitative estimate of drug-likeness (QED) is 0.279. The molecule has 2 amide bonds. The maximum absolute atomic E-state index is 14.9. The van der Waals surface area contributed by atoms with E-state index in [0.29, 0.717) is 37.2 Å². The lowest BCUT2D eigenvalue weighted by molar-refractivity contribution is -0.124. The van der Waals surface area contributed by atoms with Crippen molar-refractivity contribution in [1.82, 2.24) is 16.0 Å². The van der Waals surface area contributed by atoms with Crippen LogP contribution in [0.1, 0.15) is 49.0 Å². The molecule has 0 bridgehead atoms. The second-order valence-corrected chi connectivity index (χ2v) is 11.2. The predicted octanol–water partition coefficient (Wildman–Crippen LogP) is 4.45. The summed E-state index contributed by atoms with van der Waals surface area (Å²) >= 11 is 6.40. The summed E-state index contributed by atoms with van der Waals surface area (Å²) in [5.74, 6) is -2.37. The summed E-state index contributed by atoms with van der Waals surface area (Å²) in [6.45, 7) is 8.26. The SMILES string of the molecule is CC(C)C[C@H](NC(=O)[C@@H](NC(=O)c1c(Br)ccc(Br)c1F)[C@H](C)c1ccccc1)B1OCCNCCO1. The summed E-state index contributed by atoms with van der Waals surface area (Å²) in [6, 6.07) is 11.5. The second kappa shape index (κ2) is 14.4. The Bertz CT molecular complexity index is 1060. The summed E-state index contributed by atoms with van der Waals surface area (Å²) in [6.07, 6.45) is 0.621. The summed E-state index contributed by atoms with van der Waals surface area (Å²) in [4.78, 5) is 27.1. The van der Waals surface area contributed by atoms with E-state index in [1.807, 2.05) is 37.3 Å². The van der Waals surface area contributed by atoms with Crippen molar-refractivity contribution in [3.8, 4) is 0 Å². The van der Waals surface area contributed by atoms with Gasteiger partial charge in [0.2, 0.25) is 5.91 Å². The molecular formula is C26H33BBr2FN3O4. The number of amides is 2. The fraction of sp³-hybridized carbons (Fsp3) is 0.462. The number of carbonyl (C=O) groups excluding carboxylic acids is 2. The third-order valence-corrected chi connectivity index (χ3v) is 7.44. The molecule has 0 aliphatic carbocycles. The van der Waals surface area contributed by atoms with Gasteiger partial charge >= 0.3 is 7.12 Å². The van der Waals surface area contributed by atoms with Gasteiger partial charge in [0.05, 0.1) is 16.0 Å². The fourth-order valence-electron chi connectivity index (χ4n) is 4.23. The maximum atomic E-state index is 14.9. The van der Waals surface area contributed by atoms with Gasteiger partial charge in [-0.15, -0.1) is 0 Å². The van der Waals surface area contributed by atoms with Crippen LogP contribution in [0.15, 0.2) is 51.4 Å². The number of nitrogens with one attached hydrogen (secondary N) is 3. The molecule has 3 rings (SSSR count). The molecule has 11 heteroatoms. The van der Waals surface area contributed by atoms with E-state index in [0.717, 1.165) is 5.56 Å². The number of rotatable bonds is 9. The third-order valence-electron chi connectivity index (χ3n) is 6.17. The van der Waals surface area contributed by atoms with Crippen molar-refractivity contribution < 1.29 is 23.3 Å². The average Bonchev–Trinajstić information content (AvgIpc) is 2.84. The standard InChI is InChI=1S/C26H33BBr2FN3O4/c1-16(2)15-21(27-36-13-11-31-12-14-37-27)32-26(35)24(17(3)18-7-5-4-6-8-18)33-25(34)22-19(28)9-10-20(29)23(22)30/h4-10,16-17,21,24,31H,11-15H2,1-3H3,(H,32,35)(H,33,34)/t17-,21+,24+/m1/s1. The molecule has 0 radical (unpaired) electrons. The predicted molar refractivity (Wildman–Crippen MR) is 150 cm³/mol. The summed E-state index contributed by atoms with van der Waals surface area (Å²) in [5.41, 5.74) is 0.687. The molecule has 0 spiro atoms. The number of hydrogen-bond acceptors (Lipinski definition) is 5. The van der Waals surface area contributed by atoms with Crippen molar-refractivity contribution in [1.29, 1.82) is 0 Å². The third kappa shape index (κ3) is 8.35. The Hall–Kier alpha value is -1.79. The van der Waals surface area contributed by atoms with Gasteiger partial charge in [-0.2, -0.15) is 0 Å². The van der Waals surface area contributed by atoms with Crippen molar-refractivity contribution in [3.63, 3.8) is 0 Å². The van der Waals surface area contributed by atoms with E-state index in [-0.39, 0.29) is 16.0 Å². The number of benzene rings is 2. The van der Waals surface area contributed by atoms with Gasteiger partial charge in [-0.05, 0) is 61.9 Å². The first-order valence-corrected chi connectivity index (χ1v) is 14.0. The van der Waals surface area contributed by atoms with Gasteiger partial charge in [-0.3, -0.25) is 9.59 Å². The normalized spacial score (nSPS) is 16.9. The molecule has 2 aromatic rings. The van der Waals surface area contributed by atoms with E-state index in [1.165, 1.54) is 6.07 Å². The van der Waals surface area contributed by atoms with Crippen molar-refractivity contribution in [2.24, 2.45) is 5.92 Å². The van der Waals surface area contributed by atoms with Crippen LogP contribution in [-0.2, 0) is 14.1 Å². The Kier molecular flexibility index (Phi) is 11.6. The largest absolute Gasteiger partial charge is 0.480 e. The van der Waals surface area contributed by atoms with Gasteiger partial charge in [0.15, 0.2) is 5.82 Å². The number of carbonyl (C=O) groups is 2. The Labute approximate surface area is 235 Å². The van der Waals surface area contributed by atoms with Crippen LogP contribution in [0.5, 0.6) is 0 Å². The average molecular weight is 641 g/mol. The molecular weight excluding hydrogens is 608 g/mol. The van der Waals surface area contributed by atoms with Crippen LogP contribution in [0.4, 0.5) is 4.39 Å². The highest BCUT2D eigenvalue weighted by molar-refractivity contribution is 9.11. The molecule has 3 atom stereocenters. The molecule has 0 unspecified atom stereocenters. The lowest BCUT2D eigenvalue weighted by Gasteiger charge is -2.31. The lowest BCUT2D eigenvalue weighted by atomic mass is 9.73. The molecule has 3 N–H and O–H groups in total. The van der Waals surface area contributed by atoms with Gasteiger partial charge in [0.1, 0.15) is 6.04 Å². The van der Waals surface area contributed by atoms with E-state index in [4.69, 9.17) is 9.31 Å². The minimum atomic E-state index is -0.981. The van der Waals surface area contributed by atoms with Crippen molar-refractivity contribution in [2.45, 2.75) is 45.1 Å². The first-order chi connectivity index (χ1) is 17.7. The zero-order chi connectivity index (χ0) is 26.9. The fourth-order valence-corrected chi connectivity index (χ4v) is 5.05. The highest BCUT2D eigenvalue weighted by atomic mass is 79.9. The Morgan fingerprint density at radius 2 is 1.62 bits per heavy atom. The van der Waals surface area contributed by atoms with E-state index >= 15 is 0 Å². The van der Waals surface area contributed by atoms with Crippen molar-refractivity contribution in [3.05, 3.63) is 68.4 Å². The molecule has 7 nitrogen and oxygen atoms in total. The second-order valence-electron chi connectivity index (χ2n) is 9.47. The molecule has 200 valence electrons. The lowest BCUT2D eigenvalue weighted by Crippen LogP contribution is -2.57. The van der Waals surface area contributed by atoms with Crippen LogP contribution in [0.2, 0.25) is 0 Å². The van der Waals surface area contributed by atoms with E-state index in [9.17, 15) is 14.0 Å². The summed E-state index contributed by atoms with van der Waals surface area (Å²) in [5, 5.41) is 9.07. The van der Waals surface area contributed by atoms with Crippen LogP contribution in [0.25, 0.3) is 0 Å². The minimum Gasteiger partial charge on any atom is -0.408 e. The van der Waals surface area contributed by atoms with Gasteiger partial charge in [0.25, 0.3) is 5.91 Å². The zero-order valence-corrected chi connectivity index (χ0v) is 24.4. The van der Waals surface area contributed by atoms with Gasteiger partial charge in [0, 0.05) is 36.7 Å². The van der Waals surface area contributed by atoms with Gasteiger partial charge < -0.3 is 25.3 Å². The van der Waals surface area contributed by atoms with E-state index < -0.39 is 42.7 Å². The molecule has 1 heterocycles. The van der Waals surface area contributed by atoms with Gasteiger partial charge in [-0.1, -0.05) is 51.1 Å². The molecule has 1 saturated heterocycles. The van der Waals surface area contributed by atoms with Crippen LogP contribution in [0, 0.1) is 11.7 Å². The van der Waals surface area contributed by atoms with Crippen LogP contribution in [-0.4, -0.2) is 57.2 Å². The Morgan fingerprint density at radius 1 is 1.00 bits per heavy atom. The molecule has 37 heavy (non-hydrogen) atoms. The maximum Gasteiger partial charge on any atom is 0.480 e. The van der Waals surface area contributed by atoms with E-state index in [1.54, 1.807) is 6.07 Å². The molecule has 1 fully saturated rings. The highest BCUT2D eigenvalue weighted by Gasteiger charge is 2.37. The van der Waals surface area contributed by atoms with Gasteiger partial charge in [-0.25, -0.2) is 4.39 Å². The van der Waals surface area contributed by atoms with Crippen molar-refractivity contribution >= 4 is 50.8 Å². The summed E-state index contributed by atoms with van der Waals surface area (Å²) in [7, 11) is -0.617. The van der Waals surface area contributed by atoms with Crippen molar-refractivity contribution in [2.75, 3.05) is 26.3 Å². The Balaban J connectivity index is 1.89. The number of halogens is 3. The molecule has 1 aliphatic heterocycles. The van der Waals surface area contributed by atoms with Crippen LogP contribution >= 0.6 is 31.9 Å². The molecule has 2 aromatic carbocycles. The van der Waals surface area contributed by atoms with E-state index in [2.05, 4.69) is 61.7 Å². The van der Waals surface area contributed by atoms with Crippen LogP contribution in [0.3, 0.4) is 0 Å². The molecule has 1 aliphatic rings. The number of hydrogen-bond donors (Lipinski definition) is 3. The zero-order valence-electron chi connectivity index (χ0n) is 21.2. The smallest absolute Gasteiger partial charge is 0.408 e. The Morgan fingerprint density at radius 3 is 2.24 bits per heavy atom. The van der Waals surface area contributed by atoms with Crippen LogP contribution < -0.4 is 16.0 Å². The first kappa shape index (κ1) is 29.8. The monoisotopic (exact) mass is 639 g/mol. The molecule has 0 saturated carbocycles. The molecule has 0 aromatic heterocycles.